The van der Waals surface area contributed by atoms with Gasteiger partial charge in [0.1, 0.15) is 0 Å². The van der Waals surface area contributed by atoms with Crippen molar-refractivity contribution in [3.05, 3.63) is 78.0 Å². The minimum absolute atomic E-state index is 0.102. The highest BCUT2D eigenvalue weighted by Gasteiger charge is 2.35. The van der Waals surface area contributed by atoms with E-state index in [1.807, 2.05) is 12.1 Å². The van der Waals surface area contributed by atoms with E-state index in [-0.39, 0.29) is 5.41 Å². The van der Waals surface area contributed by atoms with E-state index in [2.05, 4.69) is 73.0 Å². The number of aromatic nitrogens is 1. The number of aliphatic hydroxyl groups is 1. The van der Waals surface area contributed by atoms with Gasteiger partial charge in [0.2, 0.25) is 0 Å². The zero-order chi connectivity index (χ0) is 16.7. The quantitative estimate of drug-likeness (QED) is 0.694. The molecule has 0 fully saturated rings. The predicted octanol–water partition coefficient (Wildman–Crippen LogP) is 5.15. The lowest BCUT2D eigenvalue weighted by Crippen LogP contribution is -2.26. The van der Waals surface area contributed by atoms with Crippen LogP contribution in [0.25, 0.3) is 16.9 Å². The first kappa shape index (κ1) is 15.2. The second-order valence-electron chi connectivity index (χ2n) is 7.53. The number of rotatable bonds is 2. The molecular weight excluding hydrogens is 294 g/mol. The van der Waals surface area contributed by atoms with Crippen molar-refractivity contribution in [2.75, 3.05) is 0 Å². The van der Waals surface area contributed by atoms with Crippen LogP contribution in [0.5, 0.6) is 0 Å². The molecular formula is C22H23NO. The Morgan fingerprint density at radius 2 is 1.58 bits per heavy atom. The SMILES string of the molecule is CC1(C)Cc2c(cc(-c3ccccc3)n2-c2ccccc2)[C@H](O)C1. The Bertz CT molecular complexity index is 846. The number of hydrogen-bond donors (Lipinski definition) is 1. The van der Waals surface area contributed by atoms with Gasteiger partial charge < -0.3 is 9.67 Å². The molecule has 0 saturated carbocycles. The van der Waals surface area contributed by atoms with Crippen LogP contribution >= 0.6 is 0 Å². The summed E-state index contributed by atoms with van der Waals surface area (Å²) in [6.45, 7) is 4.48. The molecule has 1 aliphatic carbocycles. The van der Waals surface area contributed by atoms with Crippen LogP contribution in [-0.2, 0) is 6.42 Å². The highest BCUT2D eigenvalue weighted by Crippen LogP contribution is 2.44. The first-order valence-corrected chi connectivity index (χ1v) is 8.59. The van der Waals surface area contributed by atoms with Gasteiger partial charge in [-0.3, -0.25) is 0 Å². The second-order valence-corrected chi connectivity index (χ2v) is 7.53. The van der Waals surface area contributed by atoms with Crippen molar-refractivity contribution in [2.45, 2.75) is 32.8 Å². The smallest absolute Gasteiger partial charge is 0.0813 e. The van der Waals surface area contributed by atoms with Crippen molar-refractivity contribution in [1.82, 2.24) is 4.57 Å². The second kappa shape index (κ2) is 5.64. The van der Waals surface area contributed by atoms with Gasteiger partial charge >= 0.3 is 0 Å². The van der Waals surface area contributed by atoms with Crippen molar-refractivity contribution in [2.24, 2.45) is 5.41 Å². The first-order chi connectivity index (χ1) is 11.6. The van der Waals surface area contributed by atoms with E-state index in [9.17, 15) is 5.11 Å². The van der Waals surface area contributed by atoms with Crippen molar-refractivity contribution in [3.63, 3.8) is 0 Å². The molecule has 2 aromatic carbocycles. The summed E-state index contributed by atoms with van der Waals surface area (Å²) in [4.78, 5) is 0. The summed E-state index contributed by atoms with van der Waals surface area (Å²) in [6, 6.07) is 23.1. The highest BCUT2D eigenvalue weighted by molar-refractivity contribution is 5.66. The number of nitrogens with zero attached hydrogens (tertiary/aromatic N) is 1. The molecule has 2 nitrogen and oxygen atoms in total. The third-order valence-electron chi connectivity index (χ3n) is 4.97. The van der Waals surface area contributed by atoms with Crippen LogP contribution in [0.2, 0.25) is 0 Å². The maximum atomic E-state index is 10.7. The predicted molar refractivity (Wildman–Crippen MR) is 98.3 cm³/mol. The normalized spacial score (nSPS) is 19.0. The van der Waals surface area contributed by atoms with E-state index in [0.717, 1.165) is 29.8 Å². The van der Waals surface area contributed by atoms with Gasteiger partial charge in [-0.05, 0) is 42.0 Å². The van der Waals surface area contributed by atoms with E-state index in [1.165, 1.54) is 11.3 Å². The highest BCUT2D eigenvalue weighted by atomic mass is 16.3. The zero-order valence-electron chi connectivity index (χ0n) is 14.2. The van der Waals surface area contributed by atoms with Gasteiger partial charge in [0, 0.05) is 16.9 Å². The van der Waals surface area contributed by atoms with Gasteiger partial charge in [0.15, 0.2) is 0 Å². The Hall–Kier alpha value is -2.32. The van der Waals surface area contributed by atoms with Gasteiger partial charge in [-0.2, -0.15) is 0 Å². The van der Waals surface area contributed by atoms with Crippen LogP contribution in [0.4, 0.5) is 0 Å². The van der Waals surface area contributed by atoms with E-state index >= 15 is 0 Å². The molecule has 1 N–H and O–H groups in total. The van der Waals surface area contributed by atoms with Crippen LogP contribution in [-0.4, -0.2) is 9.67 Å². The molecule has 2 heteroatoms. The van der Waals surface area contributed by atoms with Gasteiger partial charge in [0.25, 0.3) is 0 Å². The minimum Gasteiger partial charge on any atom is -0.388 e. The standard InChI is InChI=1S/C22H23NO/c1-22(2)14-20-18(21(24)15-22)13-19(16-9-5-3-6-10-16)23(20)17-11-7-4-8-12-17/h3-13,21,24H,14-15H2,1-2H3/t21-/m1/s1. The van der Waals surface area contributed by atoms with E-state index in [1.54, 1.807) is 0 Å². The van der Waals surface area contributed by atoms with Crippen molar-refractivity contribution in [3.8, 4) is 16.9 Å². The molecule has 1 atom stereocenters. The Morgan fingerprint density at radius 1 is 0.958 bits per heavy atom. The van der Waals surface area contributed by atoms with Crippen molar-refractivity contribution >= 4 is 0 Å². The first-order valence-electron chi connectivity index (χ1n) is 8.59. The molecule has 0 spiro atoms. The number of para-hydroxylation sites is 1. The summed E-state index contributed by atoms with van der Waals surface area (Å²) in [5, 5.41) is 10.7. The number of aliphatic hydroxyl groups excluding tert-OH is 1. The fourth-order valence-corrected chi connectivity index (χ4v) is 3.89. The molecule has 0 unspecified atom stereocenters. The Kier molecular flexibility index (Phi) is 3.58. The molecule has 0 aliphatic heterocycles. The summed E-state index contributed by atoms with van der Waals surface area (Å²) in [5.74, 6) is 0. The van der Waals surface area contributed by atoms with Gasteiger partial charge in [-0.25, -0.2) is 0 Å². The summed E-state index contributed by atoms with van der Waals surface area (Å²) < 4.78 is 2.33. The zero-order valence-corrected chi connectivity index (χ0v) is 14.2. The summed E-state index contributed by atoms with van der Waals surface area (Å²) in [5.41, 5.74) is 5.92. The number of benzene rings is 2. The van der Waals surface area contributed by atoms with E-state index in [0.29, 0.717) is 0 Å². The van der Waals surface area contributed by atoms with E-state index in [4.69, 9.17) is 0 Å². The number of hydrogen-bond acceptors (Lipinski definition) is 1. The third-order valence-corrected chi connectivity index (χ3v) is 4.97. The maximum Gasteiger partial charge on any atom is 0.0813 e. The Balaban J connectivity index is 1.99. The summed E-state index contributed by atoms with van der Waals surface area (Å²) in [6.07, 6.45) is 1.39. The lowest BCUT2D eigenvalue weighted by molar-refractivity contribution is 0.0987. The molecule has 1 heterocycles. The molecule has 3 aromatic rings. The van der Waals surface area contributed by atoms with Crippen molar-refractivity contribution < 1.29 is 5.11 Å². The fraction of sp³-hybridized carbons (Fsp3) is 0.273. The molecule has 1 aromatic heterocycles. The molecule has 0 bridgehead atoms. The third kappa shape index (κ3) is 2.57. The van der Waals surface area contributed by atoms with Crippen LogP contribution < -0.4 is 0 Å². The van der Waals surface area contributed by atoms with Crippen LogP contribution in [0.3, 0.4) is 0 Å². The molecule has 0 radical (unpaired) electrons. The fourth-order valence-electron chi connectivity index (χ4n) is 3.89. The van der Waals surface area contributed by atoms with Crippen molar-refractivity contribution in [1.29, 1.82) is 0 Å². The van der Waals surface area contributed by atoms with E-state index < -0.39 is 6.10 Å². The summed E-state index contributed by atoms with van der Waals surface area (Å²) >= 11 is 0. The molecule has 24 heavy (non-hydrogen) atoms. The average Bonchev–Trinajstić information content (AvgIpc) is 2.95. The molecule has 0 saturated heterocycles. The Labute approximate surface area is 143 Å². The van der Waals surface area contributed by atoms with Crippen LogP contribution in [0.15, 0.2) is 66.7 Å². The van der Waals surface area contributed by atoms with Gasteiger partial charge in [-0.1, -0.05) is 62.4 Å². The van der Waals surface area contributed by atoms with Gasteiger partial charge in [-0.15, -0.1) is 0 Å². The molecule has 4 rings (SSSR count). The van der Waals surface area contributed by atoms with Crippen LogP contribution in [0, 0.1) is 5.41 Å². The minimum atomic E-state index is -0.392. The lowest BCUT2D eigenvalue weighted by Gasteiger charge is -2.34. The molecule has 1 aliphatic rings. The monoisotopic (exact) mass is 317 g/mol. The number of fused-ring (bicyclic) bond motifs is 1. The summed E-state index contributed by atoms with van der Waals surface area (Å²) in [7, 11) is 0. The largest absolute Gasteiger partial charge is 0.388 e. The molecule has 122 valence electrons. The van der Waals surface area contributed by atoms with Crippen LogP contribution in [0.1, 0.15) is 37.6 Å². The topological polar surface area (TPSA) is 25.2 Å². The Morgan fingerprint density at radius 3 is 2.25 bits per heavy atom. The molecule has 0 amide bonds. The lowest BCUT2D eigenvalue weighted by atomic mass is 9.75. The van der Waals surface area contributed by atoms with Gasteiger partial charge in [0.05, 0.1) is 11.8 Å². The average molecular weight is 317 g/mol. The maximum absolute atomic E-state index is 10.7.